The number of nitrogens with zero attached hydrogens (tertiary/aromatic N) is 2. The van der Waals surface area contributed by atoms with Gasteiger partial charge in [-0.25, -0.2) is 0 Å². The van der Waals surface area contributed by atoms with Crippen LogP contribution in [0.25, 0.3) is 0 Å². The molecule has 1 heterocycles. The van der Waals surface area contributed by atoms with E-state index in [4.69, 9.17) is 4.42 Å². The van der Waals surface area contributed by atoms with E-state index in [2.05, 4.69) is 15.5 Å². The van der Waals surface area contributed by atoms with Crippen LogP contribution in [0.4, 0.5) is 6.01 Å². The Balaban J connectivity index is 2.50. The molecule has 1 aromatic rings. The average molecular weight is 155 g/mol. The Labute approximate surface area is 63.8 Å². The first-order chi connectivity index (χ1) is 5.20. The van der Waals surface area contributed by atoms with Crippen LogP contribution < -0.4 is 5.32 Å². The molecule has 1 N–H and O–H groups in total. The smallest absolute Gasteiger partial charge is 0.322 e. The van der Waals surface area contributed by atoms with Gasteiger partial charge in [0.05, 0.1) is 0 Å². The van der Waals surface area contributed by atoms with Gasteiger partial charge in [-0.2, -0.15) is 0 Å². The summed E-state index contributed by atoms with van der Waals surface area (Å²) in [7, 11) is 0. The highest BCUT2D eigenvalue weighted by atomic mass is 16.4. The van der Waals surface area contributed by atoms with Gasteiger partial charge in [-0.1, -0.05) is 18.9 Å². The third-order valence-electron chi connectivity index (χ3n) is 1.11. The van der Waals surface area contributed by atoms with Crippen LogP contribution in [0.3, 0.4) is 0 Å². The summed E-state index contributed by atoms with van der Waals surface area (Å²) in [5.74, 6) is -0.212. The number of hydrogen-bond acceptors (Lipinski definition) is 4. The molecule has 11 heavy (non-hydrogen) atoms. The first-order valence-electron chi connectivity index (χ1n) is 3.27. The minimum Gasteiger partial charge on any atom is -0.411 e. The van der Waals surface area contributed by atoms with Crippen molar-refractivity contribution >= 4 is 11.9 Å². The number of hydrogen-bond donors (Lipinski definition) is 1. The largest absolute Gasteiger partial charge is 0.411 e. The number of carbonyl (C=O) groups is 1. The molecule has 1 rings (SSSR count). The highest BCUT2D eigenvalue weighted by molar-refractivity contribution is 5.89. The summed E-state index contributed by atoms with van der Waals surface area (Å²) in [6.07, 6.45) is 1.16. The van der Waals surface area contributed by atoms with Gasteiger partial charge in [0.15, 0.2) is 0 Å². The fraction of sp³-hybridized carbons (Fsp3) is 0.500. The van der Waals surface area contributed by atoms with Crippen LogP contribution >= 0.6 is 0 Å². The molecule has 1 amide bonds. The van der Waals surface area contributed by atoms with Gasteiger partial charge in [-0.3, -0.25) is 10.1 Å². The zero-order valence-electron chi connectivity index (χ0n) is 6.37. The van der Waals surface area contributed by atoms with E-state index in [9.17, 15) is 4.79 Å². The predicted molar refractivity (Wildman–Crippen MR) is 37.8 cm³/mol. The maximum Gasteiger partial charge on any atom is 0.322 e. The van der Waals surface area contributed by atoms with Crippen LogP contribution in [0.2, 0.25) is 0 Å². The first-order valence-corrected chi connectivity index (χ1v) is 3.27. The van der Waals surface area contributed by atoms with E-state index < -0.39 is 0 Å². The lowest BCUT2D eigenvalue weighted by molar-refractivity contribution is -0.119. The Morgan fingerprint density at radius 1 is 1.73 bits per heavy atom. The van der Waals surface area contributed by atoms with E-state index in [1.54, 1.807) is 13.8 Å². The summed E-state index contributed by atoms with van der Waals surface area (Å²) in [5.41, 5.74) is 0. The lowest BCUT2D eigenvalue weighted by atomic mass is 10.2. The number of anilines is 1. The van der Waals surface area contributed by atoms with E-state index in [0.29, 0.717) is 0 Å². The van der Waals surface area contributed by atoms with Crippen LogP contribution in [0, 0.1) is 5.92 Å². The van der Waals surface area contributed by atoms with E-state index in [-0.39, 0.29) is 17.8 Å². The lowest BCUT2D eigenvalue weighted by Gasteiger charge is -2.01. The molecule has 0 aliphatic rings. The third-order valence-corrected chi connectivity index (χ3v) is 1.11. The fourth-order valence-electron chi connectivity index (χ4n) is 0.477. The van der Waals surface area contributed by atoms with Gasteiger partial charge in [0, 0.05) is 5.92 Å². The monoisotopic (exact) mass is 155 g/mol. The molecule has 0 unspecified atom stereocenters. The zero-order chi connectivity index (χ0) is 8.27. The topological polar surface area (TPSA) is 68.0 Å². The van der Waals surface area contributed by atoms with Gasteiger partial charge < -0.3 is 4.42 Å². The zero-order valence-corrected chi connectivity index (χ0v) is 6.37. The van der Waals surface area contributed by atoms with Crippen molar-refractivity contribution in [1.82, 2.24) is 10.2 Å². The van der Waals surface area contributed by atoms with Crippen molar-refractivity contribution in [3.8, 4) is 0 Å². The van der Waals surface area contributed by atoms with Gasteiger partial charge in [0.1, 0.15) is 0 Å². The van der Waals surface area contributed by atoms with Crippen molar-refractivity contribution in [3.05, 3.63) is 6.39 Å². The van der Waals surface area contributed by atoms with Crippen molar-refractivity contribution in [2.45, 2.75) is 13.8 Å². The number of amides is 1. The summed E-state index contributed by atoms with van der Waals surface area (Å²) >= 11 is 0. The molecule has 1 aromatic heterocycles. The number of rotatable bonds is 2. The maximum atomic E-state index is 11.0. The van der Waals surface area contributed by atoms with E-state index in [1.165, 1.54) is 0 Å². The highest BCUT2D eigenvalue weighted by Gasteiger charge is 2.08. The van der Waals surface area contributed by atoms with Gasteiger partial charge in [-0.05, 0) is 0 Å². The van der Waals surface area contributed by atoms with Gasteiger partial charge in [-0.15, -0.1) is 5.10 Å². The fourth-order valence-corrected chi connectivity index (χ4v) is 0.477. The molecule has 0 aliphatic carbocycles. The van der Waals surface area contributed by atoms with Crippen molar-refractivity contribution < 1.29 is 9.21 Å². The second kappa shape index (κ2) is 3.14. The summed E-state index contributed by atoms with van der Waals surface area (Å²) in [4.78, 5) is 11.0. The number of carbonyl (C=O) groups excluding carboxylic acids is 1. The molecule has 0 bridgehead atoms. The van der Waals surface area contributed by atoms with Gasteiger partial charge in [0.25, 0.3) is 0 Å². The molecule has 60 valence electrons. The Kier molecular flexibility index (Phi) is 2.20. The molecular weight excluding hydrogens is 146 g/mol. The molecule has 0 radical (unpaired) electrons. The van der Waals surface area contributed by atoms with Gasteiger partial charge >= 0.3 is 6.01 Å². The Morgan fingerprint density at radius 2 is 2.45 bits per heavy atom. The van der Waals surface area contributed by atoms with E-state index in [0.717, 1.165) is 6.39 Å². The van der Waals surface area contributed by atoms with Crippen molar-refractivity contribution in [2.24, 2.45) is 5.92 Å². The van der Waals surface area contributed by atoms with Crippen LogP contribution in [-0.4, -0.2) is 16.1 Å². The van der Waals surface area contributed by atoms with Gasteiger partial charge in [0.2, 0.25) is 12.3 Å². The standard InChI is InChI=1S/C6H9N3O2/c1-4(2)5(10)8-6-9-7-3-11-6/h3-4H,1-2H3,(H,8,9,10). The van der Waals surface area contributed by atoms with Crippen molar-refractivity contribution in [1.29, 1.82) is 0 Å². The molecule has 0 atom stereocenters. The molecule has 5 heteroatoms. The quantitative estimate of drug-likeness (QED) is 0.681. The minimum absolute atomic E-state index is 0.0816. The highest BCUT2D eigenvalue weighted by Crippen LogP contribution is 2.01. The first kappa shape index (κ1) is 7.71. The number of nitrogens with one attached hydrogen (secondary N) is 1. The molecule has 0 spiro atoms. The molecule has 0 saturated heterocycles. The molecular formula is C6H9N3O2. The summed E-state index contributed by atoms with van der Waals surface area (Å²) in [5, 5.41) is 9.34. The van der Waals surface area contributed by atoms with Crippen molar-refractivity contribution in [3.63, 3.8) is 0 Å². The molecule has 0 saturated carbocycles. The maximum absolute atomic E-state index is 11.0. The third kappa shape index (κ3) is 2.03. The SMILES string of the molecule is CC(C)C(=O)Nc1nnco1. The second-order valence-corrected chi connectivity index (χ2v) is 2.39. The minimum atomic E-state index is -0.130. The van der Waals surface area contributed by atoms with E-state index >= 15 is 0 Å². The molecule has 0 aliphatic heterocycles. The number of aromatic nitrogens is 2. The van der Waals surface area contributed by atoms with Crippen LogP contribution in [0.1, 0.15) is 13.8 Å². The Bertz CT molecular complexity index is 230. The lowest BCUT2D eigenvalue weighted by Crippen LogP contribution is -2.17. The summed E-state index contributed by atoms with van der Waals surface area (Å²) in [6.45, 7) is 3.57. The molecule has 0 fully saturated rings. The summed E-state index contributed by atoms with van der Waals surface area (Å²) in [6, 6.07) is 0.142. The van der Waals surface area contributed by atoms with Crippen LogP contribution in [0.15, 0.2) is 10.8 Å². The average Bonchev–Trinajstić information content (AvgIpc) is 2.39. The van der Waals surface area contributed by atoms with Crippen LogP contribution in [-0.2, 0) is 4.79 Å². The Morgan fingerprint density at radius 3 is 2.91 bits per heavy atom. The normalized spacial score (nSPS) is 10.1. The van der Waals surface area contributed by atoms with Crippen molar-refractivity contribution in [2.75, 3.05) is 5.32 Å². The predicted octanol–water partition coefficient (Wildman–Crippen LogP) is 0.664. The van der Waals surface area contributed by atoms with Crippen LogP contribution in [0.5, 0.6) is 0 Å². The molecule has 5 nitrogen and oxygen atoms in total. The Hall–Kier alpha value is -1.39. The second-order valence-electron chi connectivity index (χ2n) is 2.39. The van der Waals surface area contributed by atoms with E-state index in [1.807, 2.05) is 0 Å². The summed E-state index contributed by atoms with van der Waals surface area (Å²) < 4.78 is 4.70. The molecule has 0 aromatic carbocycles.